The van der Waals surface area contributed by atoms with E-state index in [1.54, 1.807) is 0 Å². The van der Waals surface area contributed by atoms with Crippen LogP contribution in [0.5, 0.6) is 5.75 Å². The molecule has 3 heteroatoms. The Labute approximate surface area is 174 Å². The Morgan fingerprint density at radius 2 is 1.69 bits per heavy atom. The Morgan fingerprint density at radius 1 is 0.862 bits per heavy atom. The zero-order valence-electron chi connectivity index (χ0n) is 17.2. The van der Waals surface area contributed by atoms with Crippen molar-refractivity contribution in [3.63, 3.8) is 0 Å². The van der Waals surface area contributed by atoms with Gasteiger partial charge in [-0.05, 0) is 72.2 Å². The second-order valence-electron chi connectivity index (χ2n) is 8.27. The minimum absolute atomic E-state index is 0.341. The lowest BCUT2D eigenvalue weighted by Gasteiger charge is -2.15. The van der Waals surface area contributed by atoms with Crippen LogP contribution in [0.4, 0.5) is 0 Å². The highest BCUT2D eigenvalue weighted by molar-refractivity contribution is 5.84. The third-order valence-corrected chi connectivity index (χ3v) is 5.81. The van der Waals surface area contributed by atoms with Crippen LogP contribution >= 0.6 is 0 Å². The number of hydrogen-bond acceptors (Lipinski definition) is 3. The van der Waals surface area contributed by atoms with Crippen molar-refractivity contribution < 1.29 is 4.74 Å². The first-order chi connectivity index (χ1) is 14.3. The van der Waals surface area contributed by atoms with Gasteiger partial charge in [-0.2, -0.15) is 0 Å². The van der Waals surface area contributed by atoms with Gasteiger partial charge in [0.05, 0.1) is 6.61 Å². The van der Waals surface area contributed by atoms with E-state index in [0.717, 1.165) is 51.3 Å². The molecule has 0 amide bonds. The molecular formula is C26H32N2O. The summed E-state index contributed by atoms with van der Waals surface area (Å²) in [5.74, 6) is 0.971. The molecule has 3 aromatic rings. The van der Waals surface area contributed by atoms with Crippen LogP contribution in [-0.4, -0.2) is 30.6 Å². The number of hydrogen-bond donors (Lipinski definition) is 1. The highest BCUT2D eigenvalue weighted by atomic mass is 16.5. The first-order valence-electron chi connectivity index (χ1n) is 10.9. The van der Waals surface area contributed by atoms with Crippen LogP contribution in [-0.2, 0) is 13.0 Å². The van der Waals surface area contributed by atoms with E-state index >= 15 is 0 Å². The average molecular weight is 389 g/mol. The highest BCUT2D eigenvalue weighted by Gasteiger charge is 2.18. The summed E-state index contributed by atoms with van der Waals surface area (Å²) in [5.41, 5.74) is 8.81. The summed E-state index contributed by atoms with van der Waals surface area (Å²) in [5, 5.41) is 2.52. The molecule has 1 unspecified atom stereocenters. The number of aryl methyl sites for hydroxylation is 1. The minimum Gasteiger partial charge on any atom is -0.494 e. The number of nitrogens with two attached hydrogens (primary N) is 1. The van der Waals surface area contributed by atoms with Gasteiger partial charge in [0, 0.05) is 25.7 Å². The van der Waals surface area contributed by atoms with Gasteiger partial charge in [-0.1, -0.05) is 48.5 Å². The molecule has 0 aromatic heterocycles. The van der Waals surface area contributed by atoms with Crippen LogP contribution < -0.4 is 10.5 Å². The Hall–Kier alpha value is -2.36. The number of unbranched alkanes of at least 4 members (excludes halogenated alkanes) is 2. The second kappa shape index (κ2) is 9.91. The SMILES string of the molecule is NC1CCN(Cc2ccc3cc(OCCCCCc4ccccc4)ccc3c2)C1. The van der Waals surface area contributed by atoms with Crippen molar-refractivity contribution >= 4 is 10.8 Å². The monoisotopic (exact) mass is 388 g/mol. The van der Waals surface area contributed by atoms with Gasteiger partial charge in [-0.3, -0.25) is 4.90 Å². The topological polar surface area (TPSA) is 38.5 Å². The van der Waals surface area contributed by atoms with Crippen molar-refractivity contribution in [3.8, 4) is 5.75 Å². The first-order valence-corrected chi connectivity index (χ1v) is 10.9. The van der Waals surface area contributed by atoms with Gasteiger partial charge in [-0.15, -0.1) is 0 Å². The molecule has 0 spiro atoms. The van der Waals surface area contributed by atoms with Crippen LogP contribution in [0.25, 0.3) is 10.8 Å². The molecule has 0 saturated carbocycles. The Bertz CT molecular complexity index is 909. The maximum absolute atomic E-state index is 6.02. The van der Waals surface area contributed by atoms with Crippen LogP contribution in [0.3, 0.4) is 0 Å². The van der Waals surface area contributed by atoms with Crippen LogP contribution in [0, 0.1) is 0 Å². The minimum atomic E-state index is 0.341. The molecule has 3 nitrogen and oxygen atoms in total. The van der Waals surface area contributed by atoms with E-state index in [0.29, 0.717) is 6.04 Å². The summed E-state index contributed by atoms with van der Waals surface area (Å²) in [7, 11) is 0. The fraction of sp³-hybridized carbons (Fsp3) is 0.385. The van der Waals surface area contributed by atoms with E-state index in [1.165, 1.54) is 34.7 Å². The van der Waals surface area contributed by atoms with Gasteiger partial charge in [0.1, 0.15) is 5.75 Å². The van der Waals surface area contributed by atoms with E-state index < -0.39 is 0 Å². The molecule has 1 saturated heterocycles. The van der Waals surface area contributed by atoms with Crippen molar-refractivity contribution in [1.82, 2.24) is 4.90 Å². The molecule has 2 N–H and O–H groups in total. The molecule has 4 rings (SSSR count). The van der Waals surface area contributed by atoms with Crippen LogP contribution in [0.1, 0.15) is 36.8 Å². The Morgan fingerprint density at radius 3 is 2.52 bits per heavy atom. The number of benzene rings is 3. The van der Waals surface area contributed by atoms with Crippen molar-refractivity contribution in [2.45, 2.75) is 44.7 Å². The van der Waals surface area contributed by atoms with Gasteiger partial charge in [0.2, 0.25) is 0 Å². The van der Waals surface area contributed by atoms with Crippen molar-refractivity contribution in [2.24, 2.45) is 5.73 Å². The molecule has 0 radical (unpaired) electrons. The van der Waals surface area contributed by atoms with Crippen molar-refractivity contribution in [3.05, 3.63) is 77.9 Å². The summed E-state index contributed by atoms with van der Waals surface area (Å²) < 4.78 is 5.99. The van der Waals surface area contributed by atoms with E-state index in [2.05, 4.69) is 71.6 Å². The summed E-state index contributed by atoms with van der Waals surface area (Å²) in [6, 6.07) is 24.2. The third kappa shape index (κ3) is 5.81. The predicted molar refractivity (Wildman–Crippen MR) is 121 cm³/mol. The smallest absolute Gasteiger partial charge is 0.119 e. The number of fused-ring (bicyclic) bond motifs is 1. The second-order valence-corrected chi connectivity index (χ2v) is 8.27. The number of likely N-dealkylation sites (tertiary alicyclic amines) is 1. The molecule has 0 bridgehead atoms. The largest absolute Gasteiger partial charge is 0.494 e. The lowest BCUT2D eigenvalue weighted by Crippen LogP contribution is -2.26. The van der Waals surface area contributed by atoms with Crippen molar-refractivity contribution in [2.75, 3.05) is 19.7 Å². The molecule has 1 fully saturated rings. The summed E-state index contributed by atoms with van der Waals surface area (Å²) in [6.45, 7) is 3.89. The van der Waals surface area contributed by atoms with E-state index in [4.69, 9.17) is 10.5 Å². The quantitative estimate of drug-likeness (QED) is 0.514. The zero-order chi connectivity index (χ0) is 19.9. The number of nitrogens with zero attached hydrogens (tertiary/aromatic N) is 1. The molecule has 0 aliphatic carbocycles. The number of ether oxygens (including phenoxy) is 1. The maximum Gasteiger partial charge on any atom is 0.119 e. The predicted octanol–water partition coefficient (Wildman–Crippen LogP) is 5.16. The normalized spacial score (nSPS) is 17.1. The molecule has 1 aliphatic rings. The van der Waals surface area contributed by atoms with Gasteiger partial charge in [-0.25, -0.2) is 0 Å². The van der Waals surface area contributed by atoms with Crippen LogP contribution in [0.15, 0.2) is 66.7 Å². The summed E-state index contributed by atoms with van der Waals surface area (Å²) in [4.78, 5) is 2.45. The van der Waals surface area contributed by atoms with Crippen molar-refractivity contribution in [1.29, 1.82) is 0 Å². The lowest BCUT2D eigenvalue weighted by molar-refractivity contribution is 0.305. The molecule has 1 heterocycles. The molecule has 3 aromatic carbocycles. The van der Waals surface area contributed by atoms with Gasteiger partial charge in [0.15, 0.2) is 0 Å². The maximum atomic E-state index is 6.02. The van der Waals surface area contributed by atoms with Gasteiger partial charge >= 0.3 is 0 Å². The Kier molecular flexibility index (Phi) is 6.81. The molecule has 1 atom stereocenters. The molecule has 152 valence electrons. The van der Waals surface area contributed by atoms with Gasteiger partial charge < -0.3 is 10.5 Å². The highest BCUT2D eigenvalue weighted by Crippen LogP contribution is 2.23. The summed E-state index contributed by atoms with van der Waals surface area (Å²) >= 11 is 0. The standard InChI is InChI=1S/C26H32N2O/c27-25-14-15-28(20-25)19-22-10-11-24-18-26(13-12-23(24)17-22)29-16-6-2-5-9-21-7-3-1-4-8-21/h1,3-4,7-8,10-13,17-18,25H,2,5-6,9,14-16,19-20,27H2. The van der Waals surface area contributed by atoms with E-state index in [1.807, 2.05) is 0 Å². The van der Waals surface area contributed by atoms with Crippen LogP contribution in [0.2, 0.25) is 0 Å². The fourth-order valence-electron chi connectivity index (χ4n) is 4.17. The Balaban J connectivity index is 1.23. The molecule has 29 heavy (non-hydrogen) atoms. The zero-order valence-corrected chi connectivity index (χ0v) is 17.2. The van der Waals surface area contributed by atoms with Gasteiger partial charge in [0.25, 0.3) is 0 Å². The average Bonchev–Trinajstić information content (AvgIpc) is 3.16. The fourth-order valence-corrected chi connectivity index (χ4v) is 4.17. The first kappa shape index (κ1) is 19.9. The lowest BCUT2D eigenvalue weighted by atomic mass is 10.1. The third-order valence-electron chi connectivity index (χ3n) is 5.81. The van der Waals surface area contributed by atoms with E-state index in [-0.39, 0.29) is 0 Å². The van der Waals surface area contributed by atoms with E-state index in [9.17, 15) is 0 Å². The number of rotatable bonds is 9. The molecular weight excluding hydrogens is 356 g/mol. The molecule has 1 aliphatic heterocycles. The summed E-state index contributed by atoms with van der Waals surface area (Å²) in [6.07, 6.45) is 5.78.